The zero-order chi connectivity index (χ0) is 8.10. The van der Waals surface area contributed by atoms with Gasteiger partial charge >= 0.3 is 0 Å². The average Bonchev–Trinajstić information content (AvgIpc) is 2.15. The number of hydrogen-bond donors (Lipinski definition) is 0. The second-order valence-electron chi connectivity index (χ2n) is 2.99. The van der Waals surface area contributed by atoms with Gasteiger partial charge in [0.2, 0.25) is 0 Å². The lowest BCUT2D eigenvalue weighted by atomic mass is 10.2. The predicted octanol–water partition coefficient (Wildman–Crippen LogP) is 1.33. The van der Waals surface area contributed by atoms with E-state index in [2.05, 4.69) is 0 Å². The first-order valence-electron chi connectivity index (χ1n) is 4.06. The van der Waals surface area contributed by atoms with Gasteiger partial charge in [0.15, 0.2) is 0 Å². The van der Waals surface area contributed by atoms with Gasteiger partial charge in [-0.25, -0.2) is 4.39 Å². The summed E-state index contributed by atoms with van der Waals surface area (Å²) in [5.74, 6) is 0. The van der Waals surface area contributed by atoms with E-state index in [0.29, 0.717) is 19.5 Å². The van der Waals surface area contributed by atoms with Crippen molar-refractivity contribution in [1.29, 1.82) is 5.26 Å². The standard InChI is InChI=1S/C8H13FN2/c9-8-3-1-2-5-11(7-8)6-4-10/h8H,1-3,5-7H2. The van der Waals surface area contributed by atoms with Crippen LogP contribution in [0.3, 0.4) is 0 Å². The molecule has 1 rings (SSSR count). The third-order valence-electron chi connectivity index (χ3n) is 1.99. The molecule has 3 heteroatoms. The van der Waals surface area contributed by atoms with Gasteiger partial charge in [-0.05, 0) is 25.8 Å². The highest BCUT2D eigenvalue weighted by molar-refractivity contribution is 4.79. The van der Waals surface area contributed by atoms with E-state index in [4.69, 9.17) is 5.26 Å². The second kappa shape index (κ2) is 4.30. The third-order valence-corrected chi connectivity index (χ3v) is 1.99. The minimum Gasteiger partial charge on any atom is -0.288 e. The molecule has 0 amide bonds. The maximum atomic E-state index is 12.9. The van der Waals surface area contributed by atoms with Gasteiger partial charge < -0.3 is 0 Å². The molecule has 1 unspecified atom stereocenters. The molecule has 0 aromatic carbocycles. The molecule has 62 valence electrons. The smallest absolute Gasteiger partial charge is 0.113 e. The van der Waals surface area contributed by atoms with Crippen LogP contribution < -0.4 is 0 Å². The molecule has 0 spiro atoms. The van der Waals surface area contributed by atoms with Gasteiger partial charge in [-0.3, -0.25) is 4.90 Å². The van der Waals surface area contributed by atoms with Crippen LogP contribution in [0.2, 0.25) is 0 Å². The highest BCUT2D eigenvalue weighted by Crippen LogP contribution is 2.12. The monoisotopic (exact) mass is 156 g/mol. The Morgan fingerprint density at radius 2 is 2.36 bits per heavy atom. The van der Waals surface area contributed by atoms with Crippen molar-refractivity contribution in [1.82, 2.24) is 4.90 Å². The van der Waals surface area contributed by atoms with Gasteiger partial charge in [0.25, 0.3) is 0 Å². The third kappa shape index (κ3) is 2.85. The average molecular weight is 156 g/mol. The van der Waals surface area contributed by atoms with Crippen LogP contribution in [0.1, 0.15) is 19.3 Å². The summed E-state index contributed by atoms with van der Waals surface area (Å²) < 4.78 is 12.9. The SMILES string of the molecule is N#CCN1CCCCC(F)C1. The minimum absolute atomic E-state index is 0.375. The summed E-state index contributed by atoms with van der Waals surface area (Å²) in [7, 11) is 0. The molecule has 0 radical (unpaired) electrons. The molecule has 1 aliphatic heterocycles. The number of nitrogens with zero attached hydrogens (tertiary/aromatic N) is 2. The van der Waals surface area contributed by atoms with Crippen molar-refractivity contribution in [2.75, 3.05) is 19.6 Å². The van der Waals surface area contributed by atoms with Gasteiger partial charge in [-0.2, -0.15) is 5.26 Å². The minimum atomic E-state index is -0.717. The number of nitriles is 1. The van der Waals surface area contributed by atoms with Crippen molar-refractivity contribution < 1.29 is 4.39 Å². The van der Waals surface area contributed by atoms with Crippen molar-refractivity contribution in [3.63, 3.8) is 0 Å². The number of halogens is 1. The summed E-state index contributed by atoms with van der Waals surface area (Å²) in [5, 5.41) is 8.38. The van der Waals surface area contributed by atoms with Crippen molar-refractivity contribution in [3.05, 3.63) is 0 Å². The van der Waals surface area contributed by atoms with Crippen molar-refractivity contribution in [3.8, 4) is 6.07 Å². The van der Waals surface area contributed by atoms with E-state index in [1.54, 1.807) is 0 Å². The Balaban J connectivity index is 2.34. The van der Waals surface area contributed by atoms with Crippen LogP contribution in [-0.4, -0.2) is 30.7 Å². The lowest BCUT2D eigenvalue weighted by molar-refractivity contribution is 0.223. The zero-order valence-electron chi connectivity index (χ0n) is 6.59. The molecule has 1 fully saturated rings. The largest absolute Gasteiger partial charge is 0.288 e. The summed E-state index contributed by atoms with van der Waals surface area (Å²) in [6.07, 6.45) is 1.94. The summed E-state index contributed by atoms with van der Waals surface area (Å²) in [6.45, 7) is 1.71. The van der Waals surface area contributed by atoms with Crippen LogP contribution in [0.5, 0.6) is 0 Å². The number of alkyl halides is 1. The van der Waals surface area contributed by atoms with E-state index in [1.165, 1.54) is 0 Å². The highest BCUT2D eigenvalue weighted by Gasteiger charge is 2.16. The molecule has 11 heavy (non-hydrogen) atoms. The molecule has 0 aromatic heterocycles. The number of hydrogen-bond acceptors (Lipinski definition) is 2. The molecule has 2 nitrogen and oxygen atoms in total. The van der Waals surface area contributed by atoms with E-state index in [1.807, 2.05) is 11.0 Å². The number of rotatable bonds is 1. The molecule has 1 saturated heterocycles. The Morgan fingerprint density at radius 1 is 1.55 bits per heavy atom. The Kier molecular flexibility index (Phi) is 3.31. The summed E-state index contributed by atoms with van der Waals surface area (Å²) in [5.41, 5.74) is 0. The summed E-state index contributed by atoms with van der Waals surface area (Å²) >= 11 is 0. The normalized spacial score (nSPS) is 27.5. The lowest BCUT2D eigenvalue weighted by Crippen LogP contribution is -2.29. The fourth-order valence-electron chi connectivity index (χ4n) is 1.41. The Labute approximate surface area is 66.6 Å². The zero-order valence-corrected chi connectivity index (χ0v) is 6.59. The van der Waals surface area contributed by atoms with Gasteiger partial charge in [-0.1, -0.05) is 0 Å². The van der Waals surface area contributed by atoms with Gasteiger partial charge in [0, 0.05) is 6.54 Å². The van der Waals surface area contributed by atoms with Crippen LogP contribution in [0.15, 0.2) is 0 Å². The molecule has 0 saturated carbocycles. The van der Waals surface area contributed by atoms with E-state index < -0.39 is 6.17 Å². The molecule has 0 N–H and O–H groups in total. The van der Waals surface area contributed by atoms with Crippen LogP contribution in [0.25, 0.3) is 0 Å². The fraction of sp³-hybridized carbons (Fsp3) is 0.875. The lowest BCUT2D eigenvalue weighted by Gasteiger charge is -2.16. The van der Waals surface area contributed by atoms with Crippen molar-refractivity contribution in [2.24, 2.45) is 0 Å². The molecular formula is C8H13FN2. The molecule has 0 aliphatic carbocycles. The van der Waals surface area contributed by atoms with E-state index in [-0.39, 0.29) is 0 Å². The van der Waals surface area contributed by atoms with E-state index in [0.717, 1.165) is 19.4 Å². The quantitative estimate of drug-likeness (QED) is 0.535. The molecule has 0 bridgehead atoms. The van der Waals surface area contributed by atoms with Crippen molar-refractivity contribution >= 4 is 0 Å². The Morgan fingerprint density at radius 3 is 3.09 bits per heavy atom. The van der Waals surface area contributed by atoms with Gasteiger partial charge in [0.05, 0.1) is 12.6 Å². The van der Waals surface area contributed by atoms with Crippen molar-refractivity contribution in [2.45, 2.75) is 25.4 Å². The summed E-state index contributed by atoms with van der Waals surface area (Å²) in [4.78, 5) is 1.89. The first-order chi connectivity index (χ1) is 5.33. The second-order valence-corrected chi connectivity index (χ2v) is 2.99. The summed E-state index contributed by atoms with van der Waals surface area (Å²) in [6, 6.07) is 2.04. The Hall–Kier alpha value is -0.620. The topological polar surface area (TPSA) is 27.0 Å². The van der Waals surface area contributed by atoms with Gasteiger partial charge in [0.1, 0.15) is 6.17 Å². The van der Waals surface area contributed by atoms with E-state index >= 15 is 0 Å². The first kappa shape index (κ1) is 8.48. The fourth-order valence-corrected chi connectivity index (χ4v) is 1.41. The first-order valence-corrected chi connectivity index (χ1v) is 4.06. The van der Waals surface area contributed by atoms with Crippen LogP contribution in [0.4, 0.5) is 4.39 Å². The number of likely N-dealkylation sites (tertiary alicyclic amines) is 1. The van der Waals surface area contributed by atoms with Crippen LogP contribution >= 0.6 is 0 Å². The maximum absolute atomic E-state index is 12.9. The molecule has 0 aromatic rings. The molecule has 1 atom stereocenters. The van der Waals surface area contributed by atoms with Gasteiger partial charge in [-0.15, -0.1) is 0 Å². The molecule has 1 heterocycles. The predicted molar refractivity (Wildman–Crippen MR) is 40.8 cm³/mol. The van der Waals surface area contributed by atoms with Crippen LogP contribution in [-0.2, 0) is 0 Å². The maximum Gasteiger partial charge on any atom is 0.113 e. The van der Waals surface area contributed by atoms with E-state index in [9.17, 15) is 4.39 Å². The molecular weight excluding hydrogens is 143 g/mol. The Bertz CT molecular complexity index is 153. The van der Waals surface area contributed by atoms with Crippen LogP contribution in [0, 0.1) is 11.3 Å². The molecule has 1 aliphatic rings. The highest BCUT2D eigenvalue weighted by atomic mass is 19.1.